The molecule has 3 aromatic rings. The lowest BCUT2D eigenvalue weighted by molar-refractivity contribution is 0.312. The molecule has 1 saturated heterocycles. The van der Waals surface area contributed by atoms with Crippen LogP contribution in [0.4, 0.5) is 11.5 Å². The van der Waals surface area contributed by atoms with E-state index in [0.717, 1.165) is 59.6 Å². The number of aromatic nitrogens is 2. The Balaban J connectivity index is 1.44. The fraction of sp³-hybridized carbons (Fsp3) is 0.300. The number of likely N-dealkylation sites (N-methyl/N-ethyl adjacent to an activating group) is 1. The molecule has 1 N–H and O–H groups in total. The largest absolute Gasteiger partial charge is 0.380 e. The minimum atomic E-state index is 0.741. The van der Waals surface area contributed by atoms with E-state index in [9.17, 15) is 0 Å². The Hall–Kier alpha value is -2.18. The van der Waals surface area contributed by atoms with Crippen LogP contribution in [0.2, 0.25) is 0 Å². The molecule has 4 rings (SSSR count). The molecule has 0 radical (unpaired) electrons. The summed E-state index contributed by atoms with van der Waals surface area (Å²) in [5.41, 5.74) is 3.24. The summed E-state index contributed by atoms with van der Waals surface area (Å²) in [5, 5.41) is 4.64. The summed E-state index contributed by atoms with van der Waals surface area (Å²) in [6.07, 6.45) is 3.81. The summed E-state index contributed by atoms with van der Waals surface area (Å²) in [4.78, 5) is 13.8. The summed E-state index contributed by atoms with van der Waals surface area (Å²) < 4.78 is 1.04. The third-order valence-electron chi connectivity index (χ3n) is 4.82. The maximum Gasteiger partial charge on any atom is 0.128 e. The van der Waals surface area contributed by atoms with E-state index in [1.165, 1.54) is 5.56 Å². The van der Waals surface area contributed by atoms with Crippen LogP contribution < -0.4 is 10.2 Å². The highest BCUT2D eigenvalue weighted by Gasteiger charge is 2.14. The molecule has 0 atom stereocenters. The van der Waals surface area contributed by atoms with Crippen LogP contribution >= 0.6 is 15.9 Å². The number of benzene rings is 1. The molecule has 1 aromatic carbocycles. The van der Waals surface area contributed by atoms with Crippen molar-refractivity contribution in [3.8, 4) is 0 Å². The molecule has 26 heavy (non-hydrogen) atoms. The molecule has 134 valence electrons. The van der Waals surface area contributed by atoms with Crippen LogP contribution in [-0.4, -0.2) is 48.1 Å². The number of fused-ring (bicyclic) bond motifs is 1. The average molecular weight is 412 g/mol. The van der Waals surface area contributed by atoms with Gasteiger partial charge in [0.05, 0.1) is 5.52 Å². The zero-order valence-corrected chi connectivity index (χ0v) is 16.4. The van der Waals surface area contributed by atoms with Crippen LogP contribution in [-0.2, 0) is 6.54 Å². The monoisotopic (exact) mass is 411 g/mol. The maximum atomic E-state index is 4.66. The average Bonchev–Trinajstić information content (AvgIpc) is 2.67. The predicted octanol–water partition coefficient (Wildman–Crippen LogP) is 3.76. The van der Waals surface area contributed by atoms with Crippen LogP contribution in [0, 0.1) is 0 Å². The third-order valence-corrected chi connectivity index (χ3v) is 5.32. The smallest absolute Gasteiger partial charge is 0.128 e. The molecular weight excluding hydrogens is 390 g/mol. The van der Waals surface area contributed by atoms with Gasteiger partial charge in [-0.05, 0) is 42.9 Å². The van der Waals surface area contributed by atoms with Crippen molar-refractivity contribution in [2.75, 3.05) is 43.4 Å². The van der Waals surface area contributed by atoms with E-state index in [4.69, 9.17) is 0 Å². The minimum Gasteiger partial charge on any atom is -0.380 e. The van der Waals surface area contributed by atoms with Gasteiger partial charge in [0.25, 0.3) is 0 Å². The van der Waals surface area contributed by atoms with Crippen molar-refractivity contribution >= 4 is 38.3 Å². The van der Waals surface area contributed by atoms with Gasteiger partial charge in [0.2, 0.25) is 0 Å². The lowest BCUT2D eigenvalue weighted by atomic mass is 10.2. The first-order valence-electron chi connectivity index (χ1n) is 8.85. The van der Waals surface area contributed by atoms with Crippen molar-refractivity contribution in [3.05, 3.63) is 58.8 Å². The molecule has 3 heterocycles. The van der Waals surface area contributed by atoms with E-state index in [1.807, 2.05) is 30.6 Å². The molecule has 6 heteroatoms. The fourth-order valence-corrected chi connectivity index (χ4v) is 3.57. The van der Waals surface area contributed by atoms with Crippen LogP contribution in [0.25, 0.3) is 10.9 Å². The first-order valence-corrected chi connectivity index (χ1v) is 9.65. The zero-order valence-electron chi connectivity index (χ0n) is 14.8. The summed E-state index contributed by atoms with van der Waals surface area (Å²) in [6.45, 7) is 5.01. The van der Waals surface area contributed by atoms with E-state index in [-0.39, 0.29) is 0 Å². The number of nitrogens with one attached hydrogen (secondary N) is 1. The Kier molecular flexibility index (Phi) is 5.04. The molecule has 5 nitrogen and oxygen atoms in total. The van der Waals surface area contributed by atoms with Crippen molar-refractivity contribution in [2.24, 2.45) is 0 Å². The summed E-state index contributed by atoms with van der Waals surface area (Å²) in [5.74, 6) is 1.07. The molecule has 0 amide bonds. The molecule has 1 aliphatic heterocycles. The molecule has 1 fully saturated rings. The van der Waals surface area contributed by atoms with Crippen molar-refractivity contribution in [2.45, 2.75) is 6.54 Å². The maximum absolute atomic E-state index is 4.66. The van der Waals surface area contributed by atoms with Crippen LogP contribution in [0.3, 0.4) is 0 Å². The van der Waals surface area contributed by atoms with Gasteiger partial charge in [-0.3, -0.25) is 4.98 Å². The van der Waals surface area contributed by atoms with E-state index in [1.54, 1.807) is 0 Å². The number of pyridine rings is 2. The zero-order chi connectivity index (χ0) is 17.9. The van der Waals surface area contributed by atoms with Gasteiger partial charge in [-0.25, -0.2) is 4.98 Å². The van der Waals surface area contributed by atoms with Gasteiger partial charge in [-0.1, -0.05) is 22.0 Å². The van der Waals surface area contributed by atoms with Crippen molar-refractivity contribution in [3.63, 3.8) is 0 Å². The standard InChI is InChI=1S/C20H22BrN5/c1-25-8-10-26(11-9-25)20-5-2-15(14-24-20)13-23-18-6-7-22-19-12-16(21)3-4-17(18)19/h2-7,12,14H,8-11,13H2,1H3,(H,22,23). The predicted molar refractivity (Wildman–Crippen MR) is 111 cm³/mol. The van der Waals surface area contributed by atoms with Crippen LogP contribution in [0.5, 0.6) is 0 Å². The second-order valence-electron chi connectivity index (χ2n) is 6.69. The number of hydrogen-bond acceptors (Lipinski definition) is 5. The highest BCUT2D eigenvalue weighted by atomic mass is 79.9. The Morgan fingerprint density at radius 3 is 2.65 bits per heavy atom. The quantitative estimate of drug-likeness (QED) is 0.707. The number of rotatable bonds is 4. The van der Waals surface area contributed by atoms with Gasteiger partial charge in [-0.2, -0.15) is 0 Å². The first-order chi connectivity index (χ1) is 12.7. The third kappa shape index (κ3) is 3.81. The Morgan fingerprint density at radius 1 is 1.04 bits per heavy atom. The number of anilines is 2. The second kappa shape index (κ2) is 7.60. The van der Waals surface area contributed by atoms with E-state index in [0.29, 0.717) is 0 Å². The number of piperazine rings is 1. The Bertz CT molecular complexity index is 888. The molecule has 0 bridgehead atoms. The number of halogens is 1. The number of nitrogens with zero attached hydrogens (tertiary/aromatic N) is 4. The molecular formula is C20H22BrN5. The molecule has 0 unspecified atom stereocenters. The fourth-order valence-electron chi connectivity index (χ4n) is 3.22. The first kappa shape index (κ1) is 17.2. The lowest BCUT2D eigenvalue weighted by Crippen LogP contribution is -2.44. The van der Waals surface area contributed by atoms with Crippen LogP contribution in [0.15, 0.2) is 53.3 Å². The van der Waals surface area contributed by atoms with E-state index in [2.05, 4.69) is 66.3 Å². The lowest BCUT2D eigenvalue weighted by Gasteiger charge is -2.33. The van der Waals surface area contributed by atoms with Crippen LogP contribution in [0.1, 0.15) is 5.56 Å². The highest BCUT2D eigenvalue weighted by molar-refractivity contribution is 9.10. The van der Waals surface area contributed by atoms with Gasteiger partial charge in [0.15, 0.2) is 0 Å². The van der Waals surface area contributed by atoms with Gasteiger partial charge < -0.3 is 15.1 Å². The van der Waals surface area contributed by atoms with Gasteiger partial charge in [0.1, 0.15) is 5.82 Å². The SMILES string of the molecule is CN1CCN(c2ccc(CNc3ccnc4cc(Br)ccc34)cn2)CC1. The molecule has 0 spiro atoms. The highest BCUT2D eigenvalue weighted by Crippen LogP contribution is 2.25. The van der Waals surface area contributed by atoms with E-state index >= 15 is 0 Å². The topological polar surface area (TPSA) is 44.3 Å². The van der Waals surface area contributed by atoms with Gasteiger partial charge in [0, 0.05) is 60.7 Å². The summed E-state index contributed by atoms with van der Waals surface area (Å²) >= 11 is 3.50. The van der Waals surface area contributed by atoms with Crippen molar-refractivity contribution < 1.29 is 0 Å². The summed E-state index contributed by atoms with van der Waals surface area (Å²) in [6, 6.07) is 12.5. The molecule has 0 aliphatic carbocycles. The Morgan fingerprint density at radius 2 is 1.88 bits per heavy atom. The minimum absolute atomic E-state index is 0.741. The number of hydrogen-bond donors (Lipinski definition) is 1. The Labute approximate surface area is 162 Å². The van der Waals surface area contributed by atoms with Gasteiger partial charge >= 0.3 is 0 Å². The van der Waals surface area contributed by atoms with Crippen molar-refractivity contribution in [1.82, 2.24) is 14.9 Å². The molecule has 1 aliphatic rings. The molecule has 2 aromatic heterocycles. The second-order valence-corrected chi connectivity index (χ2v) is 7.60. The normalized spacial score (nSPS) is 15.4. The van der Waals surface area contributed by atoms with Gasteiger partial charge in [-0.15, -0.1) is 0 Å². The summed E-state index contributed by atoms with van der Waals surface area (Å²) in [7, 11) is 2.17. The molecule has 0 saturated carbocycles. The van der Waals surface area contributed by atoms with Crippen molar-refractivity contribution in [1.29, 1.82) is 0 Å². The van der Waals surface area contributed by atoms with E-state index < -0.39 is 0 Å².